The van der Waals surface area contributed by atoms with Gasteiger partial charge in [-0.2, -0.15) is 0 Å². The molecule has 1 aromatic heterocycles. The number of carboxylic acid groups (broad SMARTS) is 1. The van der Waals surface area contributed by atoms with Crippen LogP contribution in [0.1, 0.15) is 11.1 Å². The number of aliphatic carboxylic acids is 1. The zero-order valence-corrected chi connectivity index (χ0v) is 14.0. The Balaban J connectivity index is 1.93. The van der Waals surface area contributed by atoms with Crippen molar-refractivity contribution in [2.24, 2.45) is 0 Å². The SMILES string of the molecule is COc1cc(/C=C(\Sc2nc3ccccc3o2)C(=O)O)ccc1C. The van der Waals surface area contributed by atoms with Crippen LogP contribution >= 0.6 is 11.8 Å². The van der Waals surface area contributed by atoms with Gasteiger partial charge in [0.15, 0.2) is 5.58 Å². The van der Waals surface area contributed by atoms with Crippen molar-refractivity contribution in [3.63, 3.8) is 0 Å². The number of hydrogen-bond acceptors (Lipinski definition) is 5. The fraction of sp³-hybridized carbons (Fsp3) is 0.111. The second-order valence-corrected chi connectivity index (χ2v) is 6.09. The maximum Gasteiger partial charge on any atom is 0.342 e. The molecule has 0 aliphatic carbocycles. The second-order valence-electron chi connectivity index (χ2n) is 5.09. The Morgan fingerprint density at radius 1 is 1.29 bits per heavy atom. The molecule has 0 amide bonds. The second kappa shape index (κ2) is 6.80. The molecule has 5 nitrogen and oxygen atoms in total. The van der Waals surface area contributed by atoms with Gasteiger partial charge in [0, 0.05) is 0 Å². The lowest BCUT2D eigenvalue weighted by atomic mass is 10.1. The molecule has 0 saturated carbocycles. The molecule has 0 bridgehead atoms. The summed E-state index contributed by atoms with van der Waals surface area (Å²) in [5.74, 6) is -0.331. The van der Waals surface area contributed by atoms with E-state index >= 15 is 0 Å². The minimum absolute atomic E-state index is 0.118. The number of thioether (sulfide) groups is 1. The summed E-state index contributed by atoms with van der Waals surface area (Å²) in [6.45, 7) is 1.93. The molecule has 0 saturated heterocycles. The number of aromatic nitrogens is 1. The zero-order valence-electron chi connectivity index (χ0n) is 13.1. The fourth-order valence-corrected chi connectivity index (χ4v) is 2.95. The molecule has 3 aromatic rings. The third-order valence-electron chi connectivity index (χ3n) is 3.41. The molecular weight excluding hydrogens is 326 g/mol. The van der Waals surface area contributed by atoms with E-state index in [0.29, 0.717) is 22.1 Å². The van der Waals surface area contributed by atoms with Crippen LogP contribution in [0.25, 0.3) is 17.2 Å². The van der Waals surface area contributed by atoms with Gasteiger partial charge in [-0.25, -0.2) is 9.78 Å². The van der Waals surface area contributed by atoms with Gasteiger partial charge in [-0.1, -0.05) is 24.3 Å². The third-order valence-corrected chi connectivity index (χ3v) is 4.27. The van der Waals surface area contributed by atoms with Gasteiger partial charge in [-0.15, -0.1) is 0 Å². The van der Waals surface area contributed by atoms with Crippen LogP contribution in [0, 0.1) is 6.92 Å². The highest BCUT2D eigenvalue weighted by molar-refractivity contribution is 8.03. The molecule has 1 N–H and O–H groups in total. The fourth-order valence-electron chi connectivity index (χ4n) is 2.20. The number of aryl methyl sites for hydroxylation is 1. The first-order valence-corrected chi connectivity index (χ1v) is 8.01. The largest absolute Gasteiger partial charge is 0.496 e. The summed E-state index contributed by atoms with van der Waals surface area (Å²) in [5.41, 5.74) is 3.04. The van der Waals surface area contributed by atoms with Crippen molar-refractivity contribution in [3.8, 4) is 5.75 Å². The first-order valence-electron chi connectivity index (χ1n) is 7.20. The van der Waals surface area contributed by atoms with Crippen molar-refractivity contribution in [2.75, 3.05) is 7.11 Å². The maximum atomic E-state index is 11.6. The van der Waals surface area contributed by atoms with Gasteiger partial charge >= 0.3 is 5.97 Å². The molecule has 24 heavy (non-hydrogen) atoms. The maximum absolute atomic E-state index is 11.6. The van der Waals surface area contributed by atoms with Crippen LogP contribution in [0.5, 0.6) is 5.75 Å². The highest BCUT2D eigenvalue weighted by atomic mass is 32.2. The van der Waals surface area contributed by atoms with Gasteiger partial charge in [0.1, 0.15) is 16.2 Å². The van der Waals surface area contributed by atoms with E-state index < -0.39 is 5.97 Å². The Labute approximate surface area is 143 Å². The number of benzene rings is 2. The molecule has 0 spiro atoms. The standard InChI is InChI=1S/C18H15NO4S/c1-11-7-8-12(9-15(11)22-2)10-16(17(20)21)24-18-19-13-5-3-4-6-14(13)23-18/h3-10H,1-2H3,(H,20,21)/b16-10-. The van der Waals surface area contributed by atoms with Crippen molar-refractivity contribution in [1.82, 2.24) is 4.98 Å². The van der Waals surface area contributed by atoms with E-state index in [9.17, 15) is 9.90 Å². The number of fused-ring (bicyclic) bond motifs is 1. The van der Waals surface area contributed by atoms with E-state index in [2.05, 4.69) is 4.98 Å². The van der Waals surface area contributed by atoms with Crippen molar-refractivity contribution >= 4 is 34.9 Å². The summed E-state index contributed by atoms with van der Waals surface area (Å²) in [7, 11) is 1.58. The number of carbonyl (C=O) groups is 1. The minimum atomic E-state index is -1.04. The number of nitrogens with zero attached hydrogens (tertiary/aromatic N) is 1. The molecule has 0 fully saturated rings. The average molecular weight is 341 g/mol. The Morgan fingerprint density at radius 2 is 2.08 bits per heavy atom. The summed E-state index contributed by atoms with van der Waals surface area (Å²) in [5, 5.41) is 9.76. The van der Waals surface area contributed by atoms with Gasteiger partial charge < -0.3 is 14.3 Å². The Bertz CT molecular complexity index is 897. The quantitative estimate of drug-likeness (QED) is 0.549. The number of carboxylic acids is 1. The molecule has 0 radical (unpaired) electrons. The van der Waals surface area contributed by atoms with Crippen LogP contribution in [0.4, 0.5) is 0 Å². The molecule has 0 aliphatic rings. The highest BCUT2D eigenvalue weighted by Gasteiger charge is 2.15. The van der Waals surface area contributed by atoms with Crippen LogP contribution in [-0.2, 0) is 4.79 Å². The van der Waals surface area contributed by atoms with Crippen molar-refractivity contribution < 1.29 is 19.1 Å². The minimum Gasteiger partial charge on any atom is -0.496 e. The molecule has 0 unspecified atom stereocenters. The van der Waals surface area contributed by atoms with Crippen molar-refractivity contribution in [2.45, 2.75) is 12.1 Å². The predicted molar refractivity (Wildman–Crippen MR) is 93.2 cm³/mol. The summed E-state index contributed by atoms with van der Waals surface area (Å²) in [4.78, 5) is 16.0. The number of methoxy groups -OCH3 is 1. The molecule has 3 rings (SSSR count). The number of ether oxygens (including phenoxy) is 1. The van der Waals surface area contributed by atoms with E-state index in [4.69, 9.17) is 9.15 Å². The molecule has 0 atom stereocenters. The lowest BCUT2D eigenvalue weighted by molar-refractivity contribution is -0.131. The van der Waals surface area contributed by atoms with Crippen LogP contribution in [0.3, 0.4) is 0 Å². The summed E-state index contributed by atoms with van der Waals surface area (Å²) in [6.07, 6.45) is 1.57. The lowest BCUT2D eigenvalue weighted by Gasteiger charge is -2.06. The smallest absolute Gasteiger partial charge is 0.342 e. The number of hydrogen-bond donors (Lipinski definition) is 1. The van der Waals surface area contributed by atoms with E-state index in [1.165, 1.54) is 0 Å². The van der Waals surface area contributed by atoms with Crippen molar-refractivity contribution in [1.29, 1.82) is 0 Å². The van der Waals surface area contributed by atoms with E-state index in [1.807, 2.05) is 37.3 Å². The summed E-state index contributed by atoms with van der Waals surface area (Å²) < 4.78 is 10.8. The predicted octanol–water partition coefficient (Wildman–Crippen LogP) is 4.36. The molecule has 122 valence electrons. The number of para-hydroxylation sites is 2. The molecular formula is C18H15NO4S. The molecule has 1 heterocycles. The van der Waals surface area contributed by atoms with Gasteiger partial charge in [0.25, 0.3) is 5.22 Å². The highest BCUT2D eigenvalue weighted by Crippen LogP contribution is 2.31. The Kier molecular flexibility index (Phi) is 4.57. The lowest BCUT2D eigenvalue weighted by Crippen LogP contribution is -1.97. The van der Waals surface area contributed by atoms with Gasteiger partial charge in [-0.3, -0.25) is 0 Å². The van der Waals surface area contributed by atoms with Crippen LogP contribution < -0.4 is 4.74 Å². The van der Waals surface area contributed by atoms with E-state index in [0.717, 1.165) is 22.9 Å². The van der Waals surface area contributed by atoms with Gasteiger partial charge in [0.05, 0.1) is 7.11 Å². The summed E-state index contributed by atoms with van der Waals surface area (Å²) >= 11 is 0.978. The molecule has 6 heteroatoms. The number of oxazole rings is 1. The first-order chi connectivity index (χ1) is 11.6. The Morgan fingerprint density at radius 3 is 2.79 bits per heavy atom. The van der Waals surface area contributed by atoms with Gasteiger partial charge in [-0.05, 0) is 54.1 Å². The molecule has 0 aliphatic heterocycles. The third kappa shape index (κ3) is 3.44. The average Bonchev–Trinajstić information content (AvgIpc) is 2.98. The molecule has 2 aromatic carbocycles. The van der Waals surface area contributed by atoms with E-state index in [1.54, 1.807) is 25.3 Å². The van der Waals surface area contributed by atoms with Crippen LogP contribution in [0.15, 0.2) is 57.0 Å². The van der Waals surface area contributed by atoms with E-state index in [-0.39, 0.29) is 4.91 Å². The normalized spacial score (nSPS) is 11.7. The van der Waals surface area contributed by atoms with Crippen molar-refractivity contribution in [3.05, 3.63) is 58.5 Å². The monoisotopic (exact) mass is 341 g/mol. The number of rotatable bonds is 5. The zero-order chi connectivity index (χ0) is 17.1. The van der Waals surface area contributed by atoms with Crippen LogP contribution in [0.2, 0.25) is 0 Å². The van der Waals surface area contributed by atoms with Gasteiger partial charge in [0.2, 0.25) is 0 Å². The Hall–Kier alpha value is -2.73. The topological polar surface area (TPSA) is 72.6 Å². The van der Waals surface area contributed by atoms with Crippen LogP contribution in [-0.4, -0.2) is 23.2 Å². The first kappa shape index (κ1) is 16.1. The summed E-state index contributed by atoms with van der Waals surface area (Å²) in [6, 6.07) is 12.8.